The number of alkyl halides is 1. The molecule has 2 saturated carbocycles. The van der Waals surface area contributed by atoms with Gasteiger partial charge in [-0.05, 0) is 25.7 Å². The first-order valence-corrected chi connectivity index (χ1v) is 7.57. The van der Waals surface area contributed by atoms with Crippen molar-refractivity contribution < 1.29 is 4.74 Å². The lowest BCUT2D eigenvalue weighted by Crippen LogP contribution is -2.29. The van der Waals surface area contributed by atoms with Crippen molar-refractivity contribution in [3.05, 3.63) is 0 Å². The first-order chi connectivity index (χ1) is 7.36. The maximum atomic E-state index is 6.25. The first kappa shape index (κ1) is 11.9. The highest BCUT2D eigenvalue weighted by molar-refractivity contribution is 9.09. The van der Waals surface area contributed by atoms with Crippen molar-refractivity contribution in [2.45, 2.75) is 81.2 Å². The highest BCUT2D eigenvalue weighted by Crippen LogP contribution is 2.30. The zero-order valence-corrected chi connectivity index (χ0v) is 11.2. The van der Waals surface area contributed by atoms with Gasteiger partial charge in [0.2, 0.25) is 0 Å². The van der Waals surface area contributed by atoms with Gasteiger partial charge in [-0.25, -0.2) is 0 Å². The summed E-state index contributed by atoms with van der Waals surface area (Å²) in [7, 11) is 0. The Balaban J connectivity index is 1.80. The molecule has 2 unspecified atom stereocenters. The molecule has 2 fully saturated rings. The highest BCUT2D eigenvalue weighted by atomic mass is 79.9. The van der Waals surface area contributed by atoms with E-state index in [1.165, 1.54) is 64.2 Å². The molecular weight excluding hydrogens is 252 g/mol. The van der Waals surface area contributed by atoms with Crippen molar-refractivity contribution in [3.8, 4) is 0 Å². The lowest BCUT2D eigenvalue weighted by atomic mass is 9.98. The molecule has 0 aromatic rings. The first-order valence-electron chi connectivity index (χ1n) is 6.66. The topological polar surface area (TPSA) is 9.23 Å². The van der Waals surface area contributed by atoms with Crippen molar-refractivity contribution >= 4 is 15.9 Å². The summed E-state index contributed by atoms with van der Waals surface area (Å²) in [5.74, 6) is 0. The Bertz CT molecular complexity index is 177. The molecule has 1 nitrogen and oxygen atoms in total. The number of hydrogen-bond donors (Lipinski definition) is 0. The predicted octanol–water partition coefficient (Wildman–Crippen LogP) is 4.43. The van der Waals surface area contributed by atoms with Crippen LogP contribution in [0.25, 0.3) is 0 Å². The third-order valence-corrected chi connectivity index (χ3v) is 4.84. The molecule has 0 heterocycles. The maximum Gasteiger partial charge on any atom is 0.0703 e. The van der Waals surface area contributed by atoms with Crippen molar-refractivity contribution in [1.82, 2.24) is 0 Å². The van der Waals surface area contributed by atoms with Gasteiger partial charge in [0.15, 0.2) is 0 Å². The summed E-state index contributed by atoms with van der Waals surface area (Å²) in [6.45, 7) is 0. The number of rotatable bonds is 2. The van der Waals surface area contributed by atoms with Crippen LogP contribution in [0.3, 0.4) is 0 Å². The molecule has 15 heavy (non-hydrogen) atoms. The summed E-state index contributed by atoms with van der Waals surface area (Å²) in [5, 5.41) is 0. The lowest BCUT2D eigenvalue weighted by Gasteiger charge is -2.28. The van der Waals surface area contributed by atoms with Crippen LogP contribution in [0.5, 0.6) is 0 Å². The van der Waals surface area contributed by atoms with Gasteiger partial charge in [0.05, 0.1) is 12.2 Å². The van der Waals surface area contributed by atoms with Crippen LogP contribution in [0.1, 0.15) is 64.2 Å². The van der Waals surface area contributed by atoms with Gasteiger partial charge in [-0.2, -0.15) is 0 Å². The quantitative estimate of drug-likeness (QED) is 0.677. The molecule has 0 saturated heterocycles. The number of hydrogen-bond acceptors (Lipinski definition) is 1. The largest absolute Gasteiger partial charge is 0.374 e. The molecule has 0 spiro atoms. The highest BCUT2D eigenvalue weighted by Gasteiger charge is 2.25. The zero-order chi connectivity index (χ0) is 10.5. The van der Waals surface area contributed by atoms with Gasteiger partial charge in [-0.3, -0.25) is 0 Å². The van der Waals surface area contributed by atoms with E-state index in [1.54, 1.807) is 0 Å². The molecule has 2 atom stereocenters. The Hall–Kier alpha value is 0.440. The molecule has 0 amide bonds. The fraction of sp³-hybridized carbons (Fsp3) is 1.00. The molecular formula is C13H23BrO. The van der Waals surface area contributed by atoms with Gasteiger partial charge in [0.25, 0.3) is 0 Å². The molecule has 88 valence electrons. The van der Waals surface area contributed by atoms with Crippen LogP contribution in [-0.2, 0) is 4.74 Å². The summed E-state index contributed by atoms with van der Waals surface area (Å²) >= 11 is 3.82. The zero-order valence-electron chi connectivity index (χ0n) is 9.59. The molecule has 0 aromatic carbocycles. The van der Waals surface area contributed by atoms with E-state index in [0.717, 1.165) is 0 Å². The van der Waals surface area contributed by atoms with Gasteiger partial charge in [-0.15, -0.1) is 0 Å². The second kappa shape index (κ2) is 6.24. The Morgan fingerprint density at radius 1 is 0.733 bits per heavy atom. The molecule has 0 aromatic heterocycles. The third-order valence-electron chi connectivity index (χ3n) is 3.79. The van der Waals surface area contributed by atoms with Crippen molar-refractivity contribution in [3.63, 3.8) is 0 Å². The molecule has 0 aliphatic heterocycles. The fourth-order valence-corrected chi connectivity index (χ4v) is 3.54. The second-order valence-electron chi connectivity index (χ2n) is 5.09. The van der Waals surface area contributed by atoms with Gasteiger partial charge in [0, 0.05) is 4.83 Å². The maximum absolute atomic E-state index is 6.25. The van der Waals surface area contributed by atoms with E-state index in [4.69, 9.17) is 4.74 Å². The van der Waals surface area contributed by atoms with Crippen molar-refractivity contribution in [2.75, 3.05) is 0 Å². The second-order valence-corrected chi connectivity index (χ2v) is 6.26. The van der Waals surface area contributed by atoms with Crippen molar-refractivity contribution in [2.24, 2.45) is 0 Å². The third kappa shape index (κ3) is 3.74. The van der Waals surface area contributed by atoms with E-state index in [2.05, 4.69) is 15.9 Å². The van der Waals surface area contributed by atoms with Crippen molar-refractivity contribution in [1.29, 1.82) is 0 Å². The van der Waals surface area contributed by atoms with Crippen LogP contribution in [0.15, 0.2) is 0 Å². The Morgan fingerprint density at radius 3 is 2.07 bits per heavy atom. The molecule has 2 aliphatic carbocycles. The summed E-state index contributed by atoms with van der Waals surface area (Å²) < 4.78 is 6.25. The normalized spacial score (nSPS) is 35.0. The monoisotopic (exact) mass is 274 g/mol. The minimum atomic E-state index is 0.494. The molecule has 0 bridgehead atoms. The van der Waals surface area contributed by atoms with E-state index >= 15 is 0 Å². The summed E-state index contributed by atoms with van der Waals surface area (Å²) in [5.41, 5.74) is 0. The molecule has 2 heteroatoms. The average molecular weight is 275 g/mol. The average Bonchev–Trinajstić information content (AvgIpc) is 2.70. The molecule has 2 aliphatic rings. The Morgan fingerprint density at radius 2 is 1.33 bits per heavy atom. The van der Waals surface area contributed by atoms with E-state index in [9.17, 15) is 0 Å². The van der Waals surface area contributed by atoms with Gasteiger partial charge in [0.1, 0.15) is 0 Å². The van der Waals surface area contributed by atoms with Crippen LogP contribution in [0.4, 0.5) is 0 Å². The lowest BCUT2D eigenvalue weighted by molar-refractivity contribution is -0.0160. The van der Waals surface area contributed by atoms with E-state index in [-0.39, 0.29) is 0 Å². The fourth-order valence-electron chi connectivity index (χ4n) is 2.83. The van der Waals surface area contributed by atoms with Crippen LogP contribution in [0.2, 0.25) is 0 Å². The summed E-state index contributed by atoms with van der Waals surface area (Å²) in [6.07, 6.45) is 14.6. The van der Waals surface area contributed by atoms with Gasteiger partial charge in [-0.1, -0.05) is 54.5 Å². The van der Waals surface area contributed by atoms with E-state index in [1.807, 2.05) is 0 Å². The van der Waals surface area contributed by atoms with Gasteiger partial charge < -0.3 is 4.74 Å². The number of ether oxygens (including phenoxy) is 1. The number of halogens is 1. The standard InChI is InChI=1S/C13H23BrO/c14-12-9-3-1-2-4-10-13(12)15-11-7-5-6-8-11/h11-13H,1-10H2. The SMILES string of the molecule is BrC1CCCCCCC1OC1CCCC1. The smallest absolute Gasteiger partial charge is 0.0703 e. The van der Waals surface area contributed by atoms with Gasteiger partial charge >= 0.3 is 0 Å². The van der Waals surface area contributed by atoms with Crippen LogP contribution < -0.4 is 0 Å². The summed E-state index contributed by atoms with van der Waals surface area (Å²) in [4.78, 5) is 0.610. The van der Waals surface area contributed by atoms with E-state index < -0.39 is 0 Å². The van der Waals surface area contributed by atoms with Crippen LogP contribution in [-0.4, -0.2) is 17.0 Å². The molecule has 0 radical (unpaired) electrons. The minimum Gasteiger partial charge on any atom is -0.374 e. The molecule has 2 rings (SSSR count). The Labute approximate surface area is 102 Å². The van der Waals surface area contributed by atoms with Crippen LogP contribution in [0, 0.1) is 0 Å². The molecule has 0 N–H and O–H groups in total. The minimum absolute atomic E-state index is 0.494. The van der Waals surface area contributed by atoms with Crippen LogP contribution >= 0.6 is 15.9 Å². The predicted molar refractivity (Wildman–Crippen MR) is 67.5 cm³/mol. The summed E-state index contributed by atoms with van der Waals surface area (Å²) in [6, 6.07) is 0. The van der Waals surface area contributed by atoms with E-state index in [0.29, 0.717) is 17.0 Å². The Kier molecular flexibility index (Phi) is 4.96.